The Morgan fingerprint density at radius 1 is 1.28 bits per heavy atom. The number of anilines is 3. The van der Waals surface area contributed by atoms with Crippen LogP contribution in [0.4, 0.5) is 26.5 Å². The molecule has 0 aliphatic carbocycles. The van der Waals surface area contributed by atoms with Gasteiger partial charge in [0, 0.05) is 35.4 Å². The maximum atomic E-state index is 14.6. The van der Waals surface area contributed by atoms with Gasteiger partial charge in [-0.3, -0.25) is 4.98 Å². The van der Waals surface area contributed by atoms with Gasteiger partial charge in [-0.25, -0.2) is 14.2 Å². The number of amides is 1. The SMILES string of the molecule is C[C@H](CN(C(=O)O)C(C)(C)C)Nc1nc(Nc2ccc3ncccc3c2)c(C#N)cc1F. The fourth-order valence-corrected chi connectivity index (χ4v) is 3.25. The smallest absolute Gasteiger partial charge is 0.407 e. The van der Waals surface area contributed by atoms with E-state index in [0.29, 0.717) is 5.69 Å². The number of carbonyl (C=O) groups is 1. The maximum Gasteiger partial charge on any atom is 0.407 e. The van der Waals surface area contributed by atoms with Crippen LogP contribution in [-0.4, -0.2) is 44.2 Å². The van der Waals surface area contributed by atoms with Crippen molar-refractivity contribution < 1.29 is 14.3 Å². The van der Waals surface area contributed by atoms with E-state index in [1.807, 2.05) is 30.3 Å². The van der Waals surface area contributed by atoms with Crippen molar-refractivity contribution in [2.24, 2.45) is 0 Å². The number of fused-ring (bicyclic) bond motifs is 1. The second-order valence-electron chi connectivity index (χ2n) is 8.47. The number of nitrogens with zero attached hydrogens (tertiary/aromatic N) is 4. The Labute approximate surface area is 185 Å². The van der Waals surface area contributed by atoms with Crippen LogP contribution in [0, 0.1) is 17.1 Å². The molecule has 1 aromatic carbocycles. The standard InChI is InChI=1S/C23H25FN6O2/c1-14(13-30(22(31)32)23(2,3)4)27-21-18(24)11-16(12-25)20(29-21)28-17-7-8-19-15(10-17)6-5-9-26-19/h5-11,14H,13H2,1-4H3,(H,31,32)(H2,27,28,29)/t14-/m1/s1. The van der Waals surface area contributed by atoms with Crippen LogP contribution in [0.25, 0.3) is 10.9 Å². The Morgan fingerprint density at radius 2 is 2.03 bits per heavy atom. The molecule has 3 N–H and O–H groups in total. The molecule has 2 heterocycles. The highest BCUT2D eigenvalue weighted by atomic mass is 19.1. The van der Waals surface area contributed by atoms with E-state index >= 15 is 0 Å². The van der Waals surface area contributed by atoms with Crippen molar-refractivity contribution in [1.29, 1.82) is 5.26 Å². The van der Waals surface area contributed by atoms with Crippen LogP contribution < -0.4 is 10.6 Å². The van der Waals surface area contributed by atoms with Crippen molar-refractivity contribution in [1.82, 2.24) is 14.9 Å². The number of pyridine rings is 2. The summed E-state index contributed by atoms with van der Waals surface area (Å²) in [5.74, 6) is -0.572. The topological polar surface area (TPSA) is 114 Å². The van der Waals surface area contributed by atoms with E-state index in [1.54, 1.807) is 40.0 Å². The van der Waals surface area contributed by atoms with Gasteiger partial charge in [0.25, 0.3) is 0 Å². The first kappa shape index (κ1) is 22.7. The summed E-state index contributed by atoms with van der Waals surface area (Å²) in [7, 11) is 0. The molecular formula is C23H25FN6O2. The van der Waals surface area contributed by atoms with Gasteiger partial charge in [0.15, 0.2) is 17.5 Å². The molecular weight excluding hydrogens is 411 g/mol. The van der Waals surface area contributed by atoms with Crippen molar-refractivity contribution in [3.8, 4) is 6.07 Å². The second kappa shape index (κ2) is 9.06. The highest BCUT2D eigenvalue weighted by Gasteiger charge is 2.28. The second-order valence-corrected chi connectivity index (χ2v) is 8.47. The maximum absolute atomic E-state index is 14.6. The molecule has 0 radical (unpaired) electrons. The van der Waals surface area contributed by atoms with Gasteiger partial charge in [0.1, 0.15) is 6.07 Å². The summed E-state index contributed by atoms with van der Waals surface area (Å²) in [4.78, 5) is 21.4. The quantitative estimate of drug-likeness (QED) is 0.500. The van der Waals surface area contributed by atoms with Gasteiger partial charge in [-0.05, 0) is 58.0 Å². The minimum atomic E-state index is -1.06. The number of nitrogens with one attached hydrogen (secondary N) is 2. The number of halogens is 1. The molecule has 0 unspecified atom stereocenters. The van der Waals surface area contributed by atoms with Crippen LogP contribution in [-0.2, 0) is 0 Å². The molecule has 3 aromatic rings. The molecule has 0 saturated carbocycles. The fraction of sp³-hybridized carbons (Fsp3) is 0.304. The first-order valence-electron chi connectivity index (χ1n) is 10.1. The molecule has 8 nitrogen and oxygen atoms in total. The van der Waals surface area contributed by atoms with Crippen LogP contribution in [0.15, 0.2) is 42.6 Å². The summed E-state index contributed by atoms with van der Waals surface area (Å²) in [6, 6.07) is 11.8. The molecule has 3 rings (SSSR count). The van der Waals surface area contributed by atoms with Gasteiger partial charge in [0.2, 0.25) is 0 Å². The Hall–Kier alpha value is -3.93. The van der Waals surface area contributed by atoms with E-state index in [0.717, 1.165) is 17.0 Å². The van der Waals surface area contributed by atoms with Crippen LogP contribution >= 0.6 is 0 Å². The van der Waals surface area contributed by atoms with Crippen LogP contribution in [0.2, 0.25) is 0 Å². The Bertz CT molecular complexity index is 1190. The van der Waals surface area contributed by atoms with Gasteiger partial charge >= 0.3 is 6.09 Å². The molecule has 0 fully saturated rings. The van der Waals surface area contributed by atoms with Crippen LogP contribution in [0.5, 0.6) is 0 Å². The zero-order valence-electron chi connectivity index (χ0n) is 18.3. The van der Waals surface area contributed by atoms with E-state index in [9.17, 15) is 19.6 Å². The van der Waals surface area contributed by atoms with E-state index in [-0.39, 0.29) is 23.7 Å². The zero-order valence-corrected chi connectivity index (χ0v) is 18.3. The van der Waals surface area contributed by atoms with E-state index in [1.165, 1.54) is 4.90 Å². The van der Waals surface area contributed by atoms with Gasteiger partial charge < -0.3 is 20.6 Å². The lowest BCUT2D eigenvalue weighted by molar-refractivity contribution is 0.0983. The van der Waals surface area contributed by atoms with E-state index in [2.05, 4.69) is 20.6 Å². The molecule has 0 aliphatic rings. The van der Waals surface area contributed by atoms with Crippen molar-refractivity contribution in [2.75, 3.05) is 17.2 Å². The summed E-state index contributed by atoms with van der Waals surface area (Å²) in [5, 5.41) is 25.8. The Balaban J connectivity index is 1.85. The zero-order chi connectivity index (χ0) is 23.5. The number of hydrogen-bond donors (Lipinski definition) is 3. The lowest BCUT2D eigenvalue weighted by Crippen LogP contribution is -2.49. The summed E-state index contributed by atoms with van der Waals surface area (Å²) >= 11 is 0. The van der Waals surface area contributed by atoms with Crippen molar-refractivity contribution in [3.63, 3.8) is 0 Å². The average molecular weight is 436 g/mol. The highest BCUT2D eigenvalue weighted by Crippen LogP contribution is 2.26. The lowest BCUT2D eigenvalue weighted by Gasteiger charge is -2.35. The van der Waals surface area contributed by atoms with Gasteiger partial charge in [-0.2, -0.15) is 5.26 Å². The number of hydrogen-bond acceptors (Lipinski definition) is 6. The van der Waals surface area contributed by atoms with Crippen molar-refractivity contribution in [3.05, 3.63) is 54.0 Å². The number of rotatable bonds is 6. The average Bonchev–Trinajstić information content (AvgIpc) is 2.73. The largest absolute Gasteiger partial charge is 0.465 e. The molecule has 9 heteroatoms. The minimum absolute atomic E-state index is 0.0499. The monoisotopic (exact) mass is 436 g/mol. The van der Waals surface area contributed by atoms with Crippen LogP contribution in [0.1, 0.15) is 33.3 Å². The molecule has 0 spiro atoms. The summed E-state index contributed by atoms with van der Waals surface area (Å²) in [6.07, 6.45) is 0.641. The molecule has 1 atom stereocenters. The summed E-state index contributed by atoms with van der Waals surface area (Å²) in [6.45, 7) is 7.23. The molecule has 0 saturated heterocycles. The molecule has 0 bridgehead atoms. The molecule has 166 valence electrons. The van der Waals surface area contributed by atoms with Gasteiger partial charge in [-0.15, -0.1) is 0 Å². The highest BCUT2D eigenvalue weighted by molar-refractivity contribution is 5.83. The van der Waals surface area contributed by atoms with E-state index < -0.39 is 23.5 Å². The molecule has 0 aliphatic heterocycles. The summed E-state index contributed by atoms with van der Waals surface area (Å²) in [5.41, 5.74) is 0.929. The predicted octanol–water partition coefficient (Wildman–Crippen LogP) is 4.96. The van der Waals surface area contributed by atoms with Gasteiger partial charge in [0.05, 0.1) is 11.1 Å². The third kappa shape index (κ3) is 5.21. The lowest BCUT2D eigenvalue weighted by atomic mass is 10.1. The first-order chi connectivity index (χ1) is 15.1. The number of aromatic nitrogens is 2. The fourth-order valence-electron chi connectivity index (χ4n) is 3.25. The molecule has 2 aromatic heterocycles. The molecule has 1 amide bonds. The normalized spacial score (nSPS) is 12.1. The summed E-state index contributed by atoms with van der Waals surface area (Å²) < 4.78 is 14.6. The third-order valence-electron chi connectivity index (χ3n) is 4.84. The van der Waals surface area contributed by atoms with Crippen molar-refractivity contribution >= 4 is 34.3 Å². The van der Waals surface area contributed by atoms with Crippen molar-refractivity contribution in [2.45, 2.75) is 39.3 Å². The Morgan fingerprint density at radius 3 is 2.69 bits per heavy atom. The van der Waals surface area contributed by atoms with E-state index in [4.69, 9.17) is 0 Å². The number of benzene rings is 1. The molecule has 32 heavy (non-hydrogen) atoms. The predicted molar refractivity (Wildman–Crippen MR) is 122 cm³/mol. The Kier molecular flexibility index (Phi) is 6.44. The third-order valence-corrected chi connectivity index (χ3v) is 4.84. The first-order valence-corrected chi connectivity index (χ1v) is 10.1. The van der Waals surface area contributed by atoms with Crippen LogP contribution in [0.3, 0.4) is 0 Å². The van der Waals surface area contributed by atoms with Gasteiger partial charge in [-0.1, -0.05) is 6.07 Å². The number of nitriles is 1. The number of carboxylic acid groups (broad SMARTS) is 1. The minimum Gasteiger partial charge on any atom is -0.465 e.